The molecule has 0 amide bonds. The maximum atomic E-state index is 10.1. The van der Waals surface area contributed by atoms with E-state index in [-0.39, 0.29) is 5.54 Å². The molecule has 1 aromatic rings. The van der Waals surface area contributed by atoms with Crippen molar-refractivity contribution in [3.8, 4) is 0 Å². The van der Waals surface area contributed by atoms with Crippen molar-refractivity contribution in [3.05, 3.63) is 18.2 Å². The fourth-order valence-electron chi connectivity index (χ4n) is 1.47. The van der Waals surface area contributed by atoms with Gasteiger partial charge in [-0.05, 0) is 34.1 Å². The van der Waals surface area contributed by atoms with Gasteiger partial charge in [-0.2, -0.15) is 0 Å². The first-order valence-electron chi connectivity index (χ1n) is 6.24. The van der Waals surface area contributed by atoms with Gasteiger partial charge in [-0.15, -0.1) is 0 Å². The molecule has 0 aliphatic heterocycles. The van der Waals surface area contributed by atoms with Gasteiger partial charge in [0, 0.05) is 24.8 Å². The van der Waals surface area contributed by atoms with E-state index in [2.05, 4.69) is 21.8 Å². The highest BCUT2D eigenvalue weighted by Gasteiger charge is 2.34. The standard InChI is InChI=1S/C13H25N3O/c1-6-7-16-10-14-8-11(16)9-15-12(2,3)13(4,5)17/h8,10,15,17H,6-7,9H2,1-5H3. The minimum Gasteiger partial charge on any atom is -0.389 e. The fraction of sp³-hybridized carbons (Fsp3) is 0.769. The molecule has 17 heavy (non-hydrogen) atoms. The van der Waals surface area contributed by atoms with Crippen LogP contribution < -0.4 is 5.32 Å². The Morgan fingerprint density at radius 3 is 2.53 bits per heavy atom. The molecule has 1 aromatic heterocycles. The molecule has 2 N–H and O–H groups in total. The van der Waals surface area contributed by atoms with Crippen LogP contribution in [0.15, 0.2) is 12.5 Å². The van der Waals surface area contributed by atoms with Crippen LogP contribution in [0.4, 0.5) is 0 Å². The van der Waals surface area contributed by atoms with Gasteiger partial charge in [0.05, 0.1) is 17.6 Å². The molecule has 0 atom stereocenters. The quantitative estimate of drug-likeness (QED) is 0.797. The van der Waals surface area contributed by atoms with Crippen molar-refractivity contribution in [1.82, 2.24) is 14.9 Å². The Hall–Kier alpha value is -0.870. The largest absolute Gasteiger partial charge is 0.389 e. The molecule has 98 valence electrons. The molecule has 0 bridgehead atoms. The van der Waals surface area contributed by atoms with Gasteiger partial charge in [-0.3, -0.25) is 0 Å². The molecule has 0 saturated heterocycles. The molecule has 0 radical (unpaired) electrons. The first-order chi connectivity index (χ1) is 7.78. The summed E-state index contributed by atoms with van der Waals surface area (Å²) in [5.74, 6) is 0. The number of aliphatic hydroxyl groups is 1. The van der Waals surface area contributed by atoms with Crippen molar-refractivity contribution in [2.45, 2.75) is 65.3 Å². The average molecular weight is 239 g/mol. The monoisotopic (exact) mass is 239 g/mol. The Balaban J connectivity index is 2.64. The first kappa shape index (κ1) is 14.2. The van der Waals surface area contributed by atoms with Crippen LogP contribution in [0, 0.1) is 0 Å². The lowest BCUT2D eigenvalue weighted by atomic mass is 9.86. The topological polar surface area (TPSA) is 50.1 Å². The lowest BCUT2D eigenvalue weighted by Crippen LogP contribution is -2.55. The van der Waals surface area contributed by atoms with E-state index >= 15 is 0 Å². The Morgan fingerprint density at radius 2 is 2.00 bits per heavy atom. The summed E-state index contributed by atoms with van der Waals surface area (Å²) >= 11 is 0. The van der Waals surface area contributed by atoms with E-state index in [9.17, 15) is 5.11 Å². The van der Waals surface area contributed by atoms with Crippen molar-refractivity contribution in [2.24, 2.45) is 0 Å². The number of aryl methyl sites for hydroxylation is 1. The van der Waals surface area contributed by atoms with E-state index in [1.54, 1.807) is 0 Å². The summed E-state index contributed by atoms with van der Waals surface area (Å²) in [5.41, 5.74) is 0.0564. The van der Waals surface area contributed by atoms with E-state index in [0.717, 1.165) is 25.2 Å². The Bertz CT molecular complexity index is 350. The predicted molar refractivity (Wildman–Crippen MR) is 69.7 cm³/mol. The second-order valence-corrected chi connectivity index (χ2v) is 5.62. The second-order valence-electron chi connectivity index (χ2n) is 5.62. The molecule has 0 saturated carbocycles. The van der Waals surface area contributed by atoms with Gasteiger partial charge in [-0.25, -0.2) is 4.98 Å². The lowest BCUT2D eigenvalue weighted by Gasteiger charge is -2.38. The Labute approximate surface area is 104 Å². The zero-order chi connectivity index (χ0) is 13.1. The van der Waals surface area contributed by atoms with Crippen molar-refractivity contribution in [2.75, 3.05) is 0 Å². The predicted octanol–water partition coefficient (Wildman–Crippen LogP) is 1.93. The maximum absolute atomic E-state index is 10.1. The summed E-state index contributed by atoms with van der Waals surface area (Å²) in [4.78, 5) is 4.16. The van der Waals surface area contributed by atoms with Gasteiger partial charge in [0.25, 0.3) is 0 Å². The highest BCUT2D eigenvalue weighted by atomic mass is 16.3. The summed E-state index contributed by atoms with van der Waals surface area (Å²) in [6.45, 7) is 11.5. The lowest BCUT2D eigenvalue weighted by molar-refractivity contribution is -0.00557. The molecular formula is C13H25N3O. The molecule has 4 heteroatoms. The highest BCUT2D eigenvalue weighted by Crippen LogP contribution is 2.21. The molecule has 1 rings (SSSR count). The van der Waals surface area contributed by atoms with E-state index in [0.29, 0.717) is 0 Å². The van der Waals surface area contributed by atoms with E-state index in [1.807, 2.05) is 40.2 Å². The Kier molecular flexibility index (Phi) is 4.33. The third-order valence-electron chi connectivity index (χ3n) is 3.50. The zero-order valence-electron chi connectivity index (χ0n) is 11.6. The van der Waals surface area contributed by atoms with Crippen molar-refractivity contribution >= 4 is 0 Å². The molecule has 0 aliphatic carbocycles. The smallest absolute Gasteiger partial charge is 0.0948 e. The van der Waals surface area contributed by atoms with Crippen LogP contribution >= 0.6 is 0 Å². The van der Waals surface area contributed by atoms with Gasteiger partial charge < -0.3 is 15.0 Å². The average Bonchev–Trinajstić information content (AvgIpc) is 2.61. The van der Waals surface area contributed by atoms with Crippen LogP contribution in [-0.4, -0.2) is 25.8 Å². The SMILES string of the molecule is CCCn1cncc1CNC(C)(C)C(C)(C)O. The van der Waals surface area contributed by atoms with Gasteiger partial charge in [0.15, 0.2) is 0 Å². The van der Waals surface area contributed by atoms with Gasteiger partial charge in [0.1, 0.15) is 0 Å². The molecule has 0 unspecified atom stereocenters. The molecule has 0 aliphatic rings. The summed E-state index contributed by atoms with van der Waals surface area (Å²) in [5, 5.41) is 13.5. The van der Waals surface area contributed by atoms with Crippen LogP contribution in [0.1, 0.15) is 46.7 Å². The number of aromatic nitrogens is 2. The normalized spacial score (nSPS) is 13.1. The van der Waals surface area contributed by atoms with Crippen molar-refractivity contribution < 1.29 is 5.11 Å². The minimum absolute atomic E-state index is 0.339. The molecule has 0 aromatic carbocycles. The van der Waals surface area contributed by atoms with Crippen LogP contribution in [0.5, 0.6) is 0 Å². The van der Waals surface area contributed by atoms with E-state index in [4.69, 9.17) is 0 Å². The second kappa shape index (κ2) is 5.19. The van der Waals surface area contributed by atoms with Crippen molar-refractivity contribution in [3.63, 3.8) is 0 Å². The van der Waals surface area contributed by atoms with Crippen molar-refractivity contribution in [1.29, 1.82) is 0 Å². The summed E-state index contributed by atoms with van der Waals surface area (Å²) in [6, 6.07) is 0. The highest BCUT2D eigenvalue weighted by molar-refractivity contribution is 5.01. The third-order valence-corrected chi connectivity index (χ3v) is 3.50. The first-order valence-corrected chi connectivity index (χ1v) is 6.24. The number of rotatable bonds is 6. The number of nitrogens with zero attached hydrogens (tertiary/aromatic N) is 2. The van der Waals surface area contributed by atoms with Crippen LogP contribution in [0.3, 0.4) is 0 Å². The number of hydrogen-bond donors (Lipinski definition) is 2. The van der Waals surface area contributed by atoms with Crippen LogP contribution in [0.25, 0.3) is 0 Å². The van der Waals surface area contributed by atoms with Crippen LogP contribution in [-0.2, 0) is 13.1 Å². The third kappa shape index (κ3) is 3.54. The molecule has 1 heterocycles. The molecule has 0 spiro atoms. The maximum Gasteiger partial charge on any atom is 0.0948 e. The molecule has 4 nitrogen and oxygen atoms in total. The van der Waals surface area contributed by atoms with Gasteiger partial charge in [-0.1, -0.05) is 6.92 Å². The summed E-state index contributed by atoms with van der Waals surface area (Å²) in [6.07, 6.45) is 4.83. The molecular weight excluding hydrogens is 214 g/mol. The molecule has 0 fully saturated rings. The van der Waals surface area contributed by atoms with E-state index in [1.165, 1.54) is 0 Å². The summed E-state index contributed by atoms with van der Waals surface area (Å²) in [7, 11) is 0. The van der Waals surface area contributed by atoms with Crippen LogP contribution in [0.2, 0.25) is 0 Å². The Morgan fingerprint density at radius 1 is 1.35 bits per heavy atom. The van der Waals surface area contributed by atoms with Gasteiger partial charge >= 0.3 is 0 Å². The fourth-order valence-corrected chi connectivity index (χ4v) is 1.47. The number of hydrogen-bond acceptors (Lipinski definition) is 3. The minimum atomic E-state index is -0.761. The van der Waals surface area contributed by atoms with Gasteiger partial charge in [0.2, 0.25) is 0 Å². The summed E-state index contributed by atoms with van der Waals surface area (Å²) < 4.78 is 2.15. The van der Waals surface area contributed by atoms with E-state index < -0.39 is 5.60 Å². The number of nitrogens with one attached hydrogen (secondary N) is 1. The zero-order valence-corrected chi connectivity index (χ0v) is 11.6. The number of imidazole rings is 1.